The fourth-order valence-electron chi connectivity index (χ4n) is 1.41. The second kappa shape index (κ2) is 7.13. The van der Waals surface area contributed by atoms with Crippen LogP contribution in [0.4, 0.5) is 5.82 Å². The Bertz CT molecular complexity index is 432. The van der Waals surface area contributed by atoms with Gasteiger partial charge < -0.3 is 5.32 Å². The van der Waals surface area contributed by atoms with Crippen LogP contribution in [0.3, 0.4) is 0 Å². The topological polar surface area (TPSA) is 37.8 Å². The lowest BCUT2D eigenvalue weighted by Crippen LogP contribution is -2.08. The van der Waals surface area contributed by atoms with Crippen LogP contribution >= 0.6 is 11.6 Å². The van der Waals surface area contributed by atoms with E-state index in [-0.39, 0.29) is 0 Å². The number of hydrogen-bond acceptors (Lipinski definition) is 3. The normalized spacial score (nSPS) is 9.65. The lowest BCUT2D eigenvalue weighted by molar-refractivity contribution is 0.830. The largest absolute Gasteiger partial charge is 0.369 e. The molecule has 0 bridgehead atoms. The van der Waals surface area contributed by atoms with E-state index in [2.05, 4.69) is 34.0 Å². The van der Waals surface area contributed by atoms with E-state index in [1.807, 2.05) is 13.8 Å². The van der Waals surface area contributed by atoms with E-state index in [9.17, 15) is 0 Å². The first kappa shape index (κ1) is 13.8. The Morgan fingerprint density at radius 1 is 1.35 bits per heavy atom. The number of nitrogens with zero attached hydrogens (tertiary/aromatic N) is 2. The highest BCUT2D eigenvalue weighted by Crippen LogP contribution is 2.20. The number of rotatable bonds is 5. The zero-order valence-corrected chi connectivity index (χ0v) is 11.4. The van der Waals surface area contributed by atoms with Crippen LogP contribution in [-0.2, 0) is 6.42 Å². The molecule has 0 aliphatic heterocycles. The van der Waals surface area contributed by atoms with Gasteiger partial charge >= 0.3 is 0 Å². The van der Waals surface area contributed by atoms with Crippen molar-refractivity contribution in [1.29, 1.82) is 0 Å². The molecular weight excluding hydrogens is 234 g/mol. The maximum Gasteiger partial charge on any atom is 0.137 e. The molecule has 1 heterocycles. The fourth-order valence-corrected chi connectivity index (χ4v) is 1.60. The predicted molar refractivity (Wildman–Crippen MR) is 72.3 cm³/mol. The summed E-state index contributed by atoms with van der Waals surface area (Å²) in [6, 6.07) is 0. The first-order valence-corrected chi connectivity index (χ1v) is 6.23. The minimum Gasteiger partial charge on any atom is -0.369 e. The molecule has 1 aromatic rings. The summed E-state index contributed by atoms with van der Waals surface area (Å²) in [5, 5.41) is 3.78. The third kappa shape index (κ3) is 4.24. The number of aromatic nitrogens is 2. The smallest absolute Gasteiger partial charge is 0.137 e. The zero-order chi connectivity index (χ0) is 12.7. The Balaban J connectivity index is 2.77. The highest BCUT2D eigenvalue weighted by Gasteiger charge is 2.08. The number of nitrogens with one attached hydrogen (secondary N) is 1. The van der Waals surface area contributed by atoms with Gasteiger partial charge in [0.2, 0.25) is 0 Å². The van der Waals surface area contributed by atoms with Gasteiger partial charge in [0.1, 0.15) is 16.8 Å². The summed E-state index contributed by atoms with van der Waals surface area (Å²) in [6.45, 7) is 6.64. The van der Waals surface area contributed by atoms with E-state index in [4.69, 9.17) is 11.6 Å². The van der Waals surface area contributed by atoms with Crippen molar-refractivity contribution >= 4 is 17.4 Å². The highest BCUT2D eigenvalue weighted by atomic mass is 35.5. The fraction of sp³-hybridized carbons (Fsp3) is 0.538. The summed E-state index contributed by atoms with van der Waals surface area (Å²) in [4.78, 5) is 8.72. The first-order chi connectivity index (χ1) is 8.19. The summed E-state index contributed by atoms with van der Waals surface area (Å²) in [5.74, 6) is 7.49. The maximum absolute atomic E-state index is 6.08. The Hall–Kier alpha value is -1.27. The Labute approximate surface area is 108 Å². The molecule has 0 saturated carbocycles. The van der Waals surface area contributed by atoms with Gasteiger partial charge in [0, 0.05) is 24.9 Å². The van der Waals surface area contributed by atoms with Gasteiger partial charge in [0.15, 0.2) is 0 Å². The van der Waals surface area contributed by atoms with E-state index < -0.39 is 0 Å². The molecule has 17 heavy (non-hydrogen) atoms. The molecule has 92 valence electrons. The van der Waals surface area contributed by atoms with Gasteiger partial charge in [-0.15, -0.1) is 11.8 Å². The van der Waals surface area contributed by atoms with Crippen molar-refractivity contribution in [2.24, 2.45) is 0 Å². The molecule has 0 fully saturated rings. The lowest BCUT2D eigenvalue weighted by Gasteiger charge is -2.10. The molecule has 1 aromatic heterocycles. The third-order valence-electron chi connectivity index (χ3n) is 2.33. The van der Waals surface area contributed by atoms with Crippen molar-refractivity contribution in [1.82, 2.24) is 9.97 Å². The van der Waals surface area contributed by atoms with Crippen molar-refractivity contribution in [3.63, 3.8) is 0 Å². The van der Waals surface area contributed by atoms with Crippen molar-refractivity contribution in [3.05, 3.63) is 16.5 Å². The Kier molecular flexibility index (Phi) is 5.79. The van der Waals surface area contributed by atoms with E-state index in [1.165, 1.54) is 0 Å². The van der Waals surface area contributed by atoms with E-state index in [0.29, 0.717) is 5.15 Å². The number of halogens is 1. The molecule has 0 aliphatic rings. The molecule has 4 heteroatoms. The zero-order valence-electron chi connectivity index (χ0n) is 10.6. The van der Waals surface area contributed by atoms with Crippen LogP contribution in [-0.4, -0.2) is 16.5 Å². The van der Waals surface area contributed by atoms with Crippen LogP contribution in [0.15, 0.2) is 0 Å². The number of anilines is 1. The summed E-state index contributed by atoms with van der Waals surface area (Å²) in [7, 11) is 0. The van der Waals surface area contributed by atoms with Gasteiger partial charge in [-0.05, 0) is 20.3 Å². The SMILES string of the molecule is CC#CCCNc1nc(CCC)nc(Cl)c1C. The molecule has 0 aliphatic carbocycles. The van der Waals surface area contributed by atoms with Gasteiger partial charge in [-0.3, -0.25) is 0 Å². The standard InChI is InChI=1S/C13H18ClN3/c1-4-6-7-9-15-13-10(3)12(14)16-11(17-13)8-5-2/h5,7-9H2,1-3H3,(H,15,16,17). The minimum absolute atomic E-state index is 0.535. The average Bonchev–Trinajstić information content (AvgIpc) is 2.31. The summed E-state index contributed by atoms with van der Waals surface area (Å²) in [5.41, 5.74) is 0.899. The quantitative estimate of drug-likeness (QED) is 0.496. The monoisotopic (exact) mass is 251 g/mol. The summed E-state index contributed by atoms with van der Waals surface area (Å²) < 4.78 is 0. The Morgan fingerprint density at radius 3 is 2.76 bits per heavy atom. The van der Waals surface area contributed by atoms with Gasteiger partial charge in [0.05, 0.1) is 0 Å². The number of hydrogen-bond donors (Lipinski definition) is 1. The highest BCUT2D eigenvalue weighted by molar-refractivity contribution is 6.30. The van der Waals surface area contributed by atoms with Gasteiger partial charge in [-0.25, -0.2) is 9.97 Å². The van der Waals surface area contributed by atoms with Gasteiger partial charge in [-0.2, -0.15) is 0 Å². The second-order valence-electron chi connectivity index (χ2n) is 3.76. The molecule has 1 N–H and O–H groups in total. The van der Waals surface area contributed by atoms with E-state index >= 15 is 0 Å². The average molecular weight is 252 g/mol. The van der Waals surface area contributed by atoms with Gasteiger partial charge in [0.25, 0.3) is 0 Å². The van der Waals surface area contributed by atoms with Crippen LogP contribution < -0.4 is 5.32 Å². The van der Waals surface area contributed by atoms with Crippen LogP contribution in [0, 0.1) is 18.8 Å². The molecule has 0 saturated heterocycles. The maximum atomic E-state index is 6.08. The summed E-state index contributed by atoms with van der Waals surface area (Å²) >= 11 is 6.08. The molecule has 0 radical (unpaired) electrons. The molecule has 0 spiro atoms. The van der Waals surface area contributed by atoms with Crippen molar-refractivity contribution < 1.29 is 0 Å². The molecular formula is C13H18ClN3. The molecule has 0 atom stereocenters. The molecule has 1 rings (SSSR count). The Morgan fingerprint density at radius 2 is 2.12 bits per heavy atom. The molecule has 0 unspecified atom stereocenters. The van der Waals surface area contributed by atoms with E-state index in [0.717, 1.165) is 43.0 Å². The van der Waals surface area contributed by atoms with Crippen LogP contribution in [0.25, 0.3) is 0 Å². The first-order valence-electron chi connectivity index (χ1n) is 5.85. The molecule has 0 aromatic carbocycles. The van der Waals surface area contributed by atoms with Crippen LogP contribution in [0.1, 0.15) is 38.1 Å². The second-order valence-corrected chi connectivity index (χ2v) is 4.12. The van der Waals surface area contributed by atoms with Crippen molar-refractivity contribution in [3.8, 4) is 11.8 Å². The minimum atomic E-state index is 0.535. The van der Waals surface area contributed by atoms with Crippen molar-refractivity contribution in [2.45, 2.75) is 40.0 Å². The molecule has 0 amide bonds. The summed E-state index contributed by atoms with van der Waals surface area (Å²) in [6.07, 6.45) is 2.67. The van der Waals surface area contributed by atoms with Gasteiger partial charge in [-0.1, -0.05) is 18.5 Å². The third-order valence-corrected chi connectivity index (χ3v) is 2.69. The lowest BCUT2D eigenvalue weighted by atomic mass is 10.3. The predicted octanol–water partition coefficient (Wildman–Crippen LogP) is 3.22. The van der Waals surface area contributed by atoms with Crippen molar-refractivity contribution in [2.75, 3.05) is 11.9 Å². The molecule has 3 nitrogen and oxygen atoms in total. The van der Waals surface area contributed by atoms with Crippen LogP contribution in [0.5, 0.6) is 0 Å². The van der Waals surface area contributed by atoms with E-state index in [1.54, 1.807) is 0 Å². The van der Waals surface area contributed by atoms with Crippen LogP contribution in [0.2, 0.25) is 5.15 Å². The number of aryl methyl sites for hydroxylation is 1.